The SMILES string of the molecule is N#Cc1ccc(NC(=O)Cl)c(F)c1. The zero-order valence-electron chi connectivity index (χ0n) is 6.34. The molecular formula is C8H4ClFN2O. The molecule has 1 N–H and O–H groups in total. The van der Waals surface area contributed by atoms with Crippen molar-refractivity contribution in [1.82, 2.24) is 0 Å². The lowest BCUT2D eigenvalue weighted by atomic mass is 10.2. The number of amides is 1. The number of nitriles is 1. The largest absolute Gasteiger partial charge is 0.318 e. The molecular weight excluding hydrogens is 195 g/mol. The third kappa shape index (κ3) is 2.42. The van der Waals surface area contributed by atoms with E-state index in [4.69, 9.17) is 16.9 Å². The van der Waals surface area contributed by atoms with Crippen molar-refractivity contribution in [3.63, 3.8) is 0 Å². The predicted octanol–water partition coefficient (Wildman–Crippen LogP) is 2.47. The zero-order valence-corrected chi connectivity index (χ0v) is 7.10. The average Bonchev–Trinajstić information content (AvgIpc) is 2.08. The minimum absolute atomic E-state index is 0.0426. The number of hydrogen-bond donors (Lipinski definition) is 1. The van der Waals surface area contributed by atoms with Gasteiger partial charge in [-0.3, -0.25) is 4.79 Å². The highest BCUT2D eigenvalue weighted by molar-refractivity contribution is 6.65. The number of rotatable bonds is 1. The van der Waals surface area contributed by atoms with Gasteiger partial charge in [0.2, 0.25) is 0 Å². The molecule has 0 aliphatic rings. The molecule has 13 heavy (non-hydrogen) atoms. The van der Waals surface area contributed by atoms with Gasteiger partial charge in [-0.15, -0.1) is 0 Å². The van der Waals surface area contributed by atoms with Crippen LogP contribution in [0.3, 0.4) is 0 Å². The number of anilines is 1. The van der Waals surface area contributed by atoms with E-state index in [-0.39, 0.29) is 11.3 Å². The summed E-state index contributed by atoms with van der Waals surface area (Å²) >= 11 is 4.98. The molecule has 0 aromatic heterocycles. The summed E-state index contributed by atoms with van der Waals surface area (Å²) in [6.07, 6.45) is 0. The summed E-state index contributed by atoms with van der Waals surface area (Å²) in [7, 11) is 0. The summed E-state index contributed by atoms with van der Waals surface area (Å²) in [6.45, 7) is 0. The quantitative estimate of drug-likeness (QED) is 0.557. The van der Waals surface area contributed by atoms with Crippen LogP contribution in [0.15, 0.2) is 18.2 Å². The summed E-state index contributed by atoms with van der Waals surface area (Å²) in [5.74, 6) is -0.687. The number of benzene rings is 1. The van der Waals surface area contributed by atoms with Crippen molar-refractivity contribution in [1.29, 1.82) is 5.26 Å². The first kappa shape index (κ1) is 9.49. The number of halogens is 2. The van der Waals surface area contributed by atoms with Gasteiger partial charge in [-0.1, -0.05) is 0 Å². The number of nitrogens with one attached hydrogen (secondary N) is 1. The molecule has 0 aliphatic carbocycles. The lowest BCUT2D eigenvalue weighted by molar-refractivity contribution is 0.269. The molecule has 1 rings (SSSR count). The second kappa shape index (κ2) is 3.87. The maximum atomic E-state index is 13.0. The molecule has 1 aromatic rings. The molecule has 66 valence electrons. The van der Waals surface area contributed by atoms with Gasteiger partial charge in [-0.25, -0.2) is 4.39 Å². The summed E-state index contributed by atoms with van der Waals surface area (Å²) in [6, 6.07) is 5.43. The molecule has 0 bridgehead atoms. The monoisotopic (exact) mass is 198 g/mol. The number of carbonyl (C=O) groups excluding carboxylic acids is 1. The van der Waals surface area contributed by atoms with Crippen LogP contribution in [0.25, 0.3) is 0 Å². The number of hydrogen-bond acceptors (Lipinski definition) is 2. The van der Waals surface area contributed by atoms with Crippen LogP contribution in [0.2, 0.25) is 0 Å². The first-order chi connectivity index (χ1) is 6.13. The van der Waals surface area contributed by atoms with Gasteiger partial charge in [-0.05, 0) is 29.8 Å². The molecule has 0 aliphatic heterocycles. The minimum atomic E-state index is -0.872. The van der Waals surface area contributed by atoms with Crippen LogP contribution in [0, 0.1) is 17.1 Å². The van der Waals surface area contributed by atoms with E-state index in [0.29, 0.717) is 0 Å². The third-order valence-corrected chi connectivity index (χ3v) is 1.43. The van der Waals surface area contributed by atoms with E-state index < -0.39 is 11.2 Å². The Hall–Kier alpha value is -1.60. The highest BCUT2D eigenvalue weighted by atomic mass is 35.5. The molecule has 0 fully saturated rings. The Morgan fingerprint density at radius 1 is 1.62 bits per heavy atom. The van der Waals surface area contributed by atoms with E-state index in [1.54, 1.807) is 6.07 Å². The topological polar surface area (TPSA) is 52.9 Å². The highest BCUT2D eigenvalue weighted by Crippen LogP contribution is 2.15. The predicted molar refractivity (Wildman–Crippen MR) is 46.0 cm³/mol. The standard InChI is InChI=1S/C8H4ClFN2O/c9-8(13)12-7-2-1-5(4-11)3-6(7)10/h1-3H,(H,12,13). The van der Waals surface area contributed by atoms with E-state index in [0.717, 1.165) is 6.07 Å². The Balaban J connectivity index is 3.00. The molecule has 3 nitrogen and oxygen atoms in total. The fraction of sp³-hybridized carbons (Fsp3) is 0. The van der Waals surface area contributed by atoms with Gasteiger partial charge in [0.25, 0.3) is 0 Å². The van der Waals surface area contributed by atoms with Crippen LogP contribution in [-0.2, 0) is 0 Å². The Morgan fingerprint density at radius 3 is 2.77 bits per heavy atom. The van der Waals surface area contributed by atoms with Crippen molar-refractivity contribution >= 4 is 22.7 Å². The van der Waals surface area contributed by atoms with Gasteiger partial charge < -0.3 is 5.32 Å². The van der Waals surface area contributed by atoms with E-state index in [9.17, 15) is 9.18 Å². The highest BCUT2D eigenvalue weighted by Gasteiger charge is 2.04. The fourth-order valence-corrected chi connectivity index (χ4v) is 0.894. The van der Waals surface area contributed by atoms with Crippen LogP contribution < -0.4 is 5.32 Å². The molecule has 1 aromatic carbocycles. The Labute approximate surface area is 78.7 Å². The van der Waals surface area contributed by atoms with Gasteiger partial charge >= 0.3 is 5.37 Å². The number of nitrogens with zero attached hydrogens (tertiary/aromatic N) is 1. The maximum absolute atomic E-state index is 13.0. The van der Waals surface area contributed by atoms with Crippen LogP contribution in [0.5, 0.6) is 0 Å². The first-order valence-electron chi connectivity index (χ1n) is 3.29. The summed E-state index contributed by atoms with van der Waals surface area (Å²) in [5, 5.41) is 9.60. The van der Waals surface area contributed by atoms with Crippen molar-refractivity contribution in [2.45, 2.75) is 0 Å². The first-order valence-corrected chi connectivity index (χ1v) is 3.67. The molecule has 0 spiro atoms. The Kier molecular flexibility index (Phi) is 2.83. The van der Waals surface area contributed by atoms with E-state index in [1.165, 1.54) is 12.1 Å². The average molecular weight is 199 g/mol. The molecule has 1 amide bonds. The minimum Gasteiger partial charge on any atom is -0.310 e. The summed E-state index contributed by atoms with van der Waals surface area (Å²) in [5.41, 5.74) is 0.143. The van der Waals surface area contributed by atoms with Crippen molar-refractivity contribution in [2.24, 2.45) is 0 Å². The molecule has 0 saturated heterocycles. The second-order valence-corrected chi connectivity index (χ2v) is 2.55. The van der Waals surface area contributed by atoms with Crippen LogP contribution in [-0.4, -0.2) is 5.37 Å². The molecule has 5 heteroatoms. The lowest BCUT2D eigenvalue weighted by Crippen LogP contribution is -2.03. The van der Waals surface area contributed by atoms with E-state index in [1.807, 2.05) is 0 Å². The smallest absolute Gasteiger partial charge is 0.310 e. The number of carbonyl (C=O) groups is 1. The van der Waals surface area contributed by atoms with Crippen LogP contribution >= 0.6 is 11.6 Å². The van der Waals surface area contributed by atoms with Gasteiger partial charge in [0.1, 0.15) is 5.82 Å². The summed E-state index contributed by atoms with van der Waals surface area (Å²) in [4.78, 5) is 10.3. The second-order valence-electron chi connectivity index (χ2n) is 2.21. The van der Waals surface area contributed by atoms with Crippen molar-refractivity contribution in [3.05, 3.63) is 29.6 Å². The van der Waals surface area contributed by atoms with Gasteiger partial charge in [0.05, 0.1) is 17.3 Å². The molecule has 0 unspecified atom stereocenters. The molecule has 0 heterocycles. The van der Waals surface area contributed by atoms with E-state index in [2.05, 4.69) is 5.32 Å². The normalized spacial score (nSPS) is 9.00. The van der Waals surface area contributed by atoms with Crippen molar-refractivity contribution in [2.75, 3.05) is 5.32 Å². The molecule has 0 atom stereocenters. The lowest BCUT2D eigenvalue weighted by Gasteiger charge is -2.01. The third-order valence-electron chi connectivity index (χ3n) is 1.33. The van der Waals surface area contributed by atoms with Gasteiger partial charge in [0, 0.05) is 0 Å². The van der Waals surface area contributed by atoms with Crippen molar-refractivity contribution in [3.8, 4) is 6.07 Å². The van der Waals surface area contributed by atoms with E-state index >= 15 is 0 Å². The van der Waals surface area contributed by atoms with Gasteiger partial charge in [0.15, 0.2) is 0 Å². The Morgan fingerprint density at radius 2 is 2.31 bits per heavy atom. The Bertz CT molecular complexity index is 386. The molecule has 0 saturated carbocycles. The summed E-state index contributed by atoms with van der Waals surface area (Å²) < 4.78 is 13.0. The van der Waals surface area contributed by atoms with Crippen LogP contribution in [0.1, 0.15) is 5.56 Å². The maximum Gasteiger partial charge on any atom is 0.318 e. The van der Waals surface area contributed by atoms with Crippen LogP contribution in [0.4, 0.5) is 14.9 Å². The van der Waals surface area contributed by atoms with Gasteiger partial charge in [-0.2, -0.15) is 5.26 Å². The fourth-order valence-electron chi connectivity index (χ4n) is 0.792. The zero-order chi connectivity index (χ0) is 9.84. The molecule has 0 radical (unpaired) electrons. The van der Waals surface area contributed by atoms with Crippen molar-refractivity contribution < 1.29 is 9.18 Å².